The summed E-state index contributed by atoms with van der Waals surface area (Å²) in [7, 11) is 1.98. The zero-order valence-electron chi connectivity index (χ0n) is 21.1. The number of carbonyl (C=O) groups is 1. The maximum absolute atomic E-state index is 11.8. The van der Waals surface area contributed by atoms with Crippen LogP contribution in [-0.2, 0) is 11.3 Å². The number of hydrogen-bond acceptors (Lipinski definition) is 7. The van der Waals surface area contributed by atoms with Crippen molar-refractivity contribution in [1.82, 2.24) is 25.5 Å². The van der Waals surface area contributed by atoms with Crippen molar-refractivity contribution in [2.24, 2.45) is 0 Å². The second-order valence-electron chi connectivity index (χ2n) is 8.14. The van der Waals surface area contributed by atoms with Gasteiger partial charge in [0, 0.05) is 36.4 Å². The van der Waals surface area contributed by atoms with Gasteiger partial charge in [0.15, 0.2) is 5.13 Å². The van der Waals surface area contributed by atoms with Crippen molar-refractivity contribution in [3.63, 3.8) is 0 Å². The summed E-state index contributed by atoms with van der Waals surface area (Å²) < 4.78 is 0. The van der Waals surface area contributed by atoms with Crippen molar-refractivity contribution in [1.29, 1.82) is 0 Å². The first-order valence-electron chi connectivity index (χ1n) is 11.7. The minimum absolute atomic E-state index is 0.239. The molecule has 0 spiro atoms. The molecule has 7 nitrogen and oxygen atoms in total. The maximum atomic E-state index is 11.8. The van der Waals surface area contributed by atoms with Gasteiger partial charge in [0.25, 0.3) is 0 Å². The molecule has 0 aliphatic carbocycles. The summed E-state index contributed by atoms with van der Waals surface area (Å²) in [5.74, 6) is 0.521. The number of aromatic nitrogens is 2. The number of carbonyl (C=O) groups excluding carboxylic acids is 1. The second-order valence-corrected chi connectivity index (χ2v) is 9.38. The van der Waals surface area contributed by atoms with Crippen molar-refractivity contribution in [2.75, 3.05) is 32.0 Å². The number of anilines is 2. The summed E-state index contributed by atoms with van der Waals surface area (Å²) in [4.78, 5) is 24.7. The van der Waals surface area contributed by atoms with Crippen LogP contribution in [-0.4, -0.2) is 47.5 Å². The fourth-order valence-corrected chi connectivity index (χ4v) is 4.01. The molecule has 2 aromatic heterocycles. The van der Waals surface area contributed by atoms with Gasteiger partial charge in [-0.25, -0.2) is 9.97 Å². The molecule has 0 aliphatic rings. The maximum Gasteiger partial charge on any atom is 0.247 e. The molecule has 0 unspecified atom stereocenters. The number of amides is 1. The van der Waals surface area contributed by atoms with Crippen LogP contribution < -0.4 is 16.0 Å². The van der Waals surface area contributed by atoms with Crippen LogP contribution in [0.3, 0.4) is 0 Å². The van der Waals surface area contributed by atoms with Gasteiger partial charge in [-0.3, -0.25) is 9.69 Å². The molecule has 0 bridgehead atoms. The fraction of sp³-hybridized carbons (Fsp3) is 0.423. The first-order valence-corrected chi connectivity index (χ1v) is 12.6. The molecule has 0 aliphatic heterocycles. The Bertz CT molecular complexity index is 1000. The molecular weight excluding hydrogens is 444 g/mol. The topological polar surface area (TPSA) is 82.2 Å². The Balaban J connectivity index is 2.39. The smallest absolute Gasteiger partial charge is 0.247 e. The molecular formula is C26H38N6OS. The summed E-state index contributed by atoms with van der Waals surface area (Å²) in [6.45, 7) is 15.5. The molecule has 0 saturated carbocycles. The van der Waals surface area contributed by atoms with E-state index in [1.165, 1.54) is 11.6 Å². The predicted octanol–water partition coefficient (Wildman–Crippen LogP) is 5.02. The average Bonchev–Trinajstić information content (AvgIpc) is 3.24. The lowest BCUT2D eigenvalue weighted by molar-refractivity contribution is -0.115. The number of aryl methyl sites for hydroxylation is 1. The van der Waals surface area contributed by atoms with Crippen molar-refractivity contribution in [3.8, 4) is 0 Å². The zero-order chi connectivity index (χ0) is 24.9. The lowest BCUT2D eigenvalue weighted by Gasteiger charge is -2.23. The predicted molar refractivity (Wildman–Crippen MR) is 144 cm³/mol. The molecule has 2 heterocycles. The van der Waals surface area contributed by atoms with Gasteiger partial charge in [0.2, 0.25) is 5.91 Å². The van der Waals surface area contributed by atoms with Gasteiger partial charge >= 0.3 is 0 Å². The van der Waals surface area contributed by atoms with Gasteiger partial charge < -0.3 is 16.0 Å². The highest BCUT2D eigenvalue weighted by atomic mass is 32.1. The first kappa shape index (κ1) is 27.4. The Kier molecular flexibility index (Phi) is 11.7. The van der Waals surface area contributed by atoms with E-state index in [0.29, 0.717) is 5.70 Å². The van der Waals surface area contributed by atoms with Crippen molar-refractivity contribution in [3.05, 3.63) is 65.0 Å². The summed E-state index contributed by atoms with van der Waals surface area (Å²) >= 11 is 1.60. The number of allylic oxidation sites excluding steroid dienone is 3. The van der Waals surface area contributed by atoms with Crippen molar-refractivity contribution in [2.45, 2.75) is 47.1 Å². The molecule has 2 aromatic rings. The van der Waals surface area contributed by atoms with Crippen LogP contribution in [0.1, 0.15) is 49.7 Å². The van der Waals surface area contributed by atoms with Gasteiger partial charge in [-0.1, -0.05) is 26.0 Å². The third kappa shape index (κ3) is 9.21. The van der Waals surface area contributed by atoms with E-state index < -0.39 is 0 Å². The Morgan fingerprint density at radius 3 is 2.71 bits per heavy atom. The van der Waals surface area contributed by atoms with Gasteiger partial charge in [-0.2, -0.15) is 0 Å². The Morgan fingerprint density at radius 1 is 1.29 bits per heavy atom. The van der Waals surface area contributed by atoms with Gasteiger partial charge in [0.05, 0.1) is 5.69 Å². The number of likely N-dealkylation sites (N-methyl/N-ethyl adjacent to an activating group) is 1. The number of rotatable bonds is 14. The van der Waals surface area contributed by atoms with E-state index in [4.69, 9.17) is 4.98 Å². The lowest BCUT2D eigenvalue weighted by Crippen LogP contribution is -2.31. The molecule has 0 fully saturated rings. The molecule has 2 rings (SSSR count). The molecule has 1 amide bonds. The minimum Gasteiger partial charge on any atom is -0.323 e. The molecule has 0 aromatic carbocycles. The van der Waals surface area contributed by atoms with Crippen LogP contribution in [0.4, 0.5) is 10.9 Å². The third-order valence-electron chi connectivity index (χ3n) is 5.19. The number of pyridine rings is 1. The lowest BCUT2D eigenvalue weighted by atomic mass is 10.1. The summed E-state index contributed by atoms with van der Waals surface area (Å²) in [5, 5.41) is 10.3. The van der Waals surface area contributed by atoms with E-state index in [1.807, 2.05) is 46.2 Å². The third-order valence-corrected chi connectivity index (χ3v) is 6.02. The Morgan fingerprint density at radius 2 is 2.09 bits per heavy atom. The van der Waals surface area contributed by atoms with Crippen LogP contribution in [0, 0.1) is 6.92 Å². The normalized spacial score (nSPS) is 12.2. The van der Waals surface area contributed by atoms with Gasteiger partial charge in [-0.05, 0) is 76.2 Å². The molecule has 0 atom stereocenters. The summed E-state index contributed by atoms with van der Waals surface area (Å²) in [5.41, 5.74) is 3.69. The van der Waals surface area contributed by atoms with Crippen LogP contribution >= 0.6 is 11.3 Å². The van der Waals surface area contributed by atoms with E-state index in [0.717, 1.165) is 66.1 Å². The number of thiazole rings is 1. The Labute approximate surface area is 208 Å². The molecule has 184 valence electrons. The highest BCUT2D eigenvalue weighted by Gasteiger charge is 2.11. The molecule has 8 heteroatoms. The van der Waals surface area contributed by atoms with Crippen molar-refractivity contribution >= 4 is 33.8 Å². The van der Waals surface area contributed by atoms with E-state index in [9.17, 15) is 4.79 Å². The van der Waals surface area contributed by atoms with Crippen molar-refractivity contribution < 1.29 is 4.79 Å². The highest BCUT2D eigenvalue weighted by molar-refractivity contribution is 7.15. The first-order chi connectivity index (χ1) is 16.4. The van der Waals surface area contributed by atoms with E-state index >= 15 is 0 Å². The molecule has 3 N–H and O–H groups in total. The number of nitrogens with zero attached hydrogens (tertiary/aromatic N) is 3. The molecule has 34 heavy (non-hydrogen) atoms. The van der Waals surface area contributed by atoms with E-state index in [1.54, 1.807) is 11.3 Å². The van der Waals surface area contributed by atoms with Crippen LogP contribution in [0.15, 0.2) is 48.8 Å². The van der Waals surface area contributed by atoms with Crippen LogP contribution in [0.5, 0.6) is 0 Å². The van der Waals surface area contributed by atoms with Crippen LogP contribution in [0.2, 0.25) is 0 Å². The number of hydrogen-bond donors (Lipinski definition) is 3. The average molecular weight is 483 g/mol. The zero-order valence-corrected chi connectivity index (χ0v) is 21.9. The fourth-order valence-electron chi connectivity index (χ4n) is 3.34. The monoisotopic (exact) mass is 482 g/mol. The summed E-state index contributed by atoms with van der Waals surface area (Å²) in [6.07, 6.45) is 9.24. The quantitative estimate of drug-likeness (QED) is 0.259. The largest absolute Gasteiger partial charge is 0.323 e. The van der Waals surface area contributed by atoms with Gasteiger partial charge in [0.1, 0.15) is 5.82 Å². The second kappa shape index (κ2) is 14.5. The van der Waals surface area contributed by atoms with Gasteiger partial charge in [-0.15, -0.1) is 11.3 Å². The van der Waals surface area contributed by atoms with E-state index in [-0.39, 0.29) is 5.91 Å². The standard InChI is InChI=1S/C26H38N6OS/c1-7-10-12-32(13-11-27-6)18-21-15-23(19(4)14-22(8-2)29-25(33)9-3)30-24(16-21)31-26-28-17-20(5)34-26/h8-9,14-17,27H,3,7,10-13,18H2,1-2,4-6H3,(H,29,33)(H,28,30,31)/b19-14+,22-8+. The number of nitrogens with one attached hydrogen (secondary N) is 3. The Hall–Kier alpha value is -2.81. The number of unbranched alkanes of at least 4 members (excludes halogenated alkanes) is 1. The summed E-state index contributed by atoms with van der Waals surface area (Å²) in [6, 6.07) is 4.23. The minimum atomic E-state index is -0.239. The van der Waals surface area contributed by atoms with Crippen LogP contribution in [0.25, 0.3) is 5.57 Å². The molecule has 0 radical (unpaired) electrons. The van der Waals surface area contributed by atoms with E-state index in [2.05, 4.69) is 51.5 Å². The molecule has 0 saturated heterocycles. The SMILES string of the molecule is C=CC(=O)NC(=C/C)/C=C(\C)c1cc(CN(CCCC)CCNC)cc(Nc2ncc(C)s2)n1. The highest BCUT2D eigenvalue weighted by Crippen LogP contribution is 2.25.